The number of methoxy groups -OCH3 is 1. The highest BCUT2D eigenvalue weighted by Gasteiger charge is 2.07. The van der Waals surface area contributed by atoms with Crippen molar-refractivity contribution in [1.29, 1.82) is 0 Å². The van der Waals surface area contributed by atoms with Gasteiger partial charge in [0.1, 0.15) is 5.52 Å². The SMILES string of the molecule is CCc1cccc2nc(OC)oc12. The minimum Gasteiger partial charge on any atom is -0.453 e. The molecule has 0 fully saturated rings. The lowest BCUT2D eigenvalue weighted by molar-refractivity contribution is 0.299. The van der Waals surface area contributed by atoms with Crippen molar-refractivity contribution in [1.82, 2.24) is 4.98 Å². The van der Waals surface area contributed by atoms with E-state index in [1.165, 1.54) is 0 Å². The number of ether oxygens (including phenoxy) is 1. The first-order valence-corrected chi connectivity index (χ1v) is 4.27. The van der Waals surface area contributed by atoms with Crippen molar-refractivity contribution in [3.8, 4) is 6.08 Å². The first-order chi connectivity index (χ1) is 6.35. The molecule has 13 heavy (non-hydrogen) atoms. The number of benzene rings is 1. The maximum atomic E-state index is 5.41. The lowest BCUT2D eigenvalue weighted by Gasteiger charge is -1.94. The summed E-state index contributed by atoms with van der Waals surface area (Å²) in [4.78, 5) is 4.15. The normalized spacial score (nSPS) is 10.6. The minimum absolute atomic E-state index is 0.330. The molecule has 1 heterocycles. The van der Waals surface area contributed by atoms with E-state index in [-0.39, 0.29) is 0 Å². The van der Waals surface area contributed by atoms with E-state index in [2.05, 4.69) is 11.9 Å². The van der Waals surface area contributed by atoms with Crippen molar-refractivity contribution in [3.05, 3.63) is 23.8 Å². The Bertz CT molecular complexity index is 420. The zero-order valence-electron chi connectivity index (χ0n) is 7.70. The second kappa shape index (κ2) is 3.09. The number of fused-ring (bicyclic) bond motifs is 1. The average Bonchev–Trinajstić information content (AvgIpc) is 2.59. The summed E-state index contributed by atoms with van der Waals surface area (Å²) in [6.45, 7) is 2.09. The number of aromatic nitrogens is 1. The third-order valence-electron chi connectivity index (χ3n) is 2.03. The van der Waals surface area contributed by atoms with Gasteiger partial charge in [-0.15, -0.1) is 0 Å². The lowest BCUT2D eigenvalue weighted by Crippen LogP contribution is -1.79. The van der Waals surface area contributed by atoms with Gasteiger partial charge in [0.25, 0.3) is 0 Å². The summed E-state index contributed by atoms with van der Waals surface area (Å²) in [5, 5.41) is 0. The molecular weight excluding hydrogens is 166 g/mol. The van der Waals surface area contributed by atoms with Crippen LogP contribution in [-0.2, 0) is 6.42 Å². The van der Waals surface area contributed by atoms with E-state index in [9.17, 15) is 0 Å². The van der Waals surface area contributed by atoms with E-state index in [4.69, 9.17) is 9.15 Å². The number of hydrogen-bond donors (Lipinski definition) is 0. The van der Waals surface area contributed by atoms with Gasteiger partial charge in [0.2, 0.25) is 0 Å². The van der Waals surface area contributed by atoms with Crippen molar-refractivity contribution in [2.45, 2.75) is 13.3 Å². The van der Waals surface area contributed by atoms with E-state index >= 15 is 0 Å². The standard InChI is InChI=1S/C10H11NO2/c1-3-7-5-4-6-8-9(7)13-10(11-8)12-2/h4-6H,3H2,1-2H3. The molecule has 2 rings (SSSR count). The van der Waals surface area contributed by atoms with Gasteiger partial charge in [-0.2, -0.15) is 4.98 Å². The average molecular weight is 177 g/mol. The second-order valence-corrected chi connectivity index (χ2v) is 2.80. The van der Waals surface area contributed by atoms with Crippen LogP contribution in [0.2, 0.25) is 0 Å². The highest BCUT2D eigenvalue weighted by molar-refractivity contribution is 5.76. The van der Waals surface area contributed by atoms with E-state index < -0.39 is 0 Å². The molecule has 0 aliphatic heterocycles. The molecule has 0 aliphatic carbocycles. The number of oxazole rings is 1. The van der Waals surface area contributed by atoms with Crippen LogP contribution >= 0.6 is 0 Å². The number of rotatable bonds is 2. The summed E-state index contributed by atoms with van der Waals surface area (Å²) in [5.74, 6) is 0. The third-order valence-corrected chi connectivity index (χ3v) is 2.03. The predicted molar refractivity (Wildman–Crippen MR) is 49.9 cm³/mol. The Hall–Kier alpha value is -1.51. The van der Waals surface area contributed by atoms with Gasteiger partial charge in [0.05, 0.1) is 7.11 Å². The molecular formula is C10H11NO2. The van der Waals surface area contributed by atoms with Crippen LogP contribution in [0.25, 0.3) is 11.1 Å². The molecule has 1 aromatic heterocycles. The molecule has 68 valence electrons. The monoisotopic (exact) mass is 177 g/mol. The fourth-order valence-corrected chi connectivity index (χ4v) is 1.35. The molecule has 0 saturated carbocycles. The van der Waals surface area contributed by atoms with Crippen molar-refractivity contribution in [3.63, 3.8) is 0 Å². The van der Waals surface area contributed by atoms with Crippen LogP contribution in [0.3, 0.4) is 0 Å². The van der Waals surface area contributed by atoms with Gasteiger partial charge >= 0.3 is 6.08 Å². The Balaban J connectivity index is 2.67. The molecule has 0 atom stereocenters. The first kappa shape index (κ1) is 8.10. The summed E-state index contributed by atoms with van der Waals surface area (Å²) in [6, 6.07) is 5.93. The molecule has 0 N–H and O–H groups in total. The summed E-state index contributed by atoms with van der Waals surface area (Å²) in [6.07, 6.45) is 1.27. The molecule has 0 saturated heterocycles. The number of aryl methyl sites for hydroxylation is 1. The highest BCUT2D eigenvalue weighted by Crippen LogP contribution is 2.23. The largest absolute Gasteiger partial charge is 0.453 e. The van der Waals surface area contributed by atoms with Gasteiger partial charge in [-0.05, 0) is 18.1 Å². The fraction of sp³-hybridized carbons (Fsp3) is 0.300. The summed E-state index contributed by atoms with van der Waals surface area (Å²) >= 11 is 0. The van der Waals surface area contributed by atoms with Crippen LogP contribution < -0.4 is 4.74 Å². The van der Waals surface area contributed by atoms with Crippen molar-refractivity contribution in [2.24, 2.45) is 0 Å². The van der Waals surface area contributed by atoms with Crippen LogP contribution in [0.1, 0.15) is 12.5 Å². The number of nitrogens with zero attached hydrogens (tertiary/aromatic N) is 1. The van der Waals surface area contributed by atoms with Crippen LogP contribution in [-0.4, -0.2) is 12.1 Å². The third kappa shape index (κ3) is 1.26. The molecule has 0 aliphatic rings. The van der Waals surface area contributed by atoms with Crippen molar-refractivity contribution >= 4 is 11.1 Å². The molecule has 0 amide bonds. The van der Waals surface area contributed by atoms with Crippen molar-refractivity contribution in [2.75, 3.05) is 7.11 Å². The van der Waals surface area contributed by atoms with E-state index in [0.29, 0.717) is 6.08 Å². The Morgan fingerprint density at radius 3 is 3.00 bits per heavy atom. The summed E-state index contributed by atoms with van der Waals surface area (Å²) in [5.41, 5.74) is 2.85. The van der Waals surface area contributed by atoms with Gasteiger partial charge in [-0.25, -0.2) is 0 Å². The van der Waals surface area contributed by atoms with Crippen LogP contribution in [0.15, 0.2) is 22.6 Å². The van der Waals surface area contributed by atoms with Gasteiger partial charge in [0, 0.05) is 0 Å². The Labute approximate surface area is 76.3 Å². The van der Waals surface area contributed by atoms with Gasteiger partial charge in [-0.1, -0.05) is 19.1 Å². The number of para-hydroxylation sites is 1. The maximum Gasteiger partial charge on any atom is 0.394 e. The molecule has 1 aromatic carbocycles. The fourth-order valence-electron chi connectivity index (χ4n) is 1.35. The van der Waals surface area contributed by atoms with Crippen LogP contribution in [0.4, 0.5) is 0 Å². The van der Waals surface area contributed by atoms with Gasteiger partial charge in [0.15, 0.2) is 5.58 Å². The molecule has 2 aromatic rings. The molecule has 0 spiro atoms. The van der Waals surface area contributed by atoms with Gasteiger partial charge < -0.3 is 9.15 Å². The van der Waals surface area contributed by atoms with Gasteiger partial charge in [-0.3, -0.25) is 0 Å². The first-order valence-electron chi connectivity index (χ1n) is 4.27. The molecule has 3 nitrogen and oxygen atoms in total. The van der Waals surface area contributed by atoms with Crippen molar-refractivity contribution < 1.29 is 9.15 Å². The highest BCUT2D eigenvalue weighted by atomic mass is 16.6. The zero-order chi connectivity index (χ0) is 9.26. The summed E-state index contributed by atoms with van der Waals surface area (Å²) < 4.78 is 10.3. The second-order valence-electron chi connectivity index (χ2n) is 2.80. The van der Waals surface area contributed by atoms with Crippen LogP contribution in [0.5, 0.6) is 6.08 Å². The topological polar surface area (TPSA) is 35.3 Å². The Kier molecular flexibility index (Phi) is 1.93. The van der Waals surface area contributed by atoms with E-state index in [1.807, 2.05) is 18.2 Å². The number of hydrogen-bond acceptors (Lipinski definition) is 3. The molecule has 0 unspecified atom stereocenters. The molecule has 0 radical (unpaired) electrons. The predicted octanol–water partition coefficient (Wildman–Crippen LogP) is 2.40. The minimum atomic E-state index is 0.330. The Morgan fingerprint density at radius 1 is 1.46 bits per heavy atom. The molecule has 0 bridgehead atoms. The quantitative estimate of drug-likeness (QED) is 0.706. The van der Waals surface area contributed by atoms with E-state index in [0.717, 1.165) is 23.1 Å². The zero-order valence-corrected chi connectivity index (χ0v) is 7.70. The smallest absolute Gasteiger partial charge is 0.394 e. The van der Waals surface area contributed by atoms with Crippen LogP contribution in [0, 0.1) is 0 Å². The lowest BCUT2D eigenvalue weighted by atomic mass is 10.1. The molecule has 3 heteroatoms. The van der Waals surface area contributed by atoms with E-state index in [1.54, 1.807) is 7.11 Å². The summed E-state index contributed by atoms with van der Waals surface area (Å²) in [7, 11) is 1.55. The Morgan fingerprint density at radius 2 is 2.31 bits per heavy atom. The maximum absolute atomic E-state index is 5.41.